The molecule has 1 heterocycles. The molecule has 1 fully saturated rings. The zero-order chi connectivity index (χ0) is 23.3. The van der Waals surface area contributed by atoms with Crippen LogP contribution < -0.4 is 5.32 Å². The Bertz CT molecular complexity index is 953. The van der Waals surface area contributed by atoms with E-state index in [0.717, 1.165) is 44.5 Å². The molecule has 3 N–H and O–H groups in total. The van der Waals surface area contributed by atoms with Gasteiger partial charge in [-0.3, -0.25) is 14.5 Å². The number of hydrogen-bond acceptors (Lipinski definition) is 6. The highest BCUT2D eigenvalue weighted by molar-refractivity contribution is 6.06. The van der Waals surface area contributed by atoms with Gasteiger partial charge in [0, 0.05) is 50.0 Å². The number of rotatable bonds is 7. The summed E-state index contributed by atoms with van der Waals surface area (Å²) >= 11 is 0. The summed E-state index contributed by atoms with van der Waals surface area (Å²) in [6.45, 7) is 7.88. The van der Waals surface area contributed by atoms with Crippen LogP contribution in [0.3, 0.4) is 0 Å². The van der Waals surface area contributed by atoms with Crippen molar-refractivity contribution in [2.45, 2.75) is 32.9 Å². The van der Waals surface area contributed by atoms with Gasteiger partial charge in [0.05, 0.1) is 25.2 Å². The van der Waals surface area contributed by atoms with Gasteiger partial charge in [-0.15, -0.1) is 0 Å². The Hall–Kier alpha value is -3.10. The quantitative estimate of drug-likeness (QED) is 0.610. The van der Waals surface area contributed by atoms with Gasteiger partial charge in [0.2, 0.25) is 5.91 Å². The molecular weight excluding hydrogens is 410 g/mol. The van der Waals surface area contributed by atoms with Crippen molar-refractivity contribution in [3.8, 4) is 11.5 Å². The summed E-state index contributed by atoms with van der Waals surface area (Å²) in [5.41, 5.74) is 2.00. The number of nitrogens with one attached hydrogen (secondary N) is 1. The first-order chi connectivity index (χ1) is 15.2. The predicted octanol–water partition coefficient (Wildman–Crippen LogP) is 2.59. The molecule has 172 valence electrons. The zero-order valence-corrected chi connectivity index (χ0v) is 18.8. The maximum absolute atomic E-state index is 12.8. The molecule has 32 heavy (non-hydrogen) atoms. The van der Waals surface area contributed by atoms with Crippen LogP contribution in [0.4, 0.5) is 5.69 Å². The lowest BCUT2D eigenvalue weighted by molar-refractivity contribution is -0.130. The summed E-state index contributed by atoms with van der Waals surface area (Å²) in [6, 6.07) is 9.99. The van der Waals surface area contributed by atoms with Gasteiger partial charge in [0.15, 0.2) is 0 Å². The first-order valence-electron chi connectivity index (χ1n) is 10.8. The molecule has 0 bridgehead atoms. The number of carbonyl (C=O) groups is 2. The Balaban J connectivity index is 1.68. The van der Waals surface area contributed by atoms with E-state index < -0.39 is 5.91 Å². The molecule has 0 aromatic heterocycles. The summed E-state index contributed by atoms with van der Waals surface area (Å²) < 4.78 is 5.36. The van der Waals surface area contributed by atoms with E-state index >= 15 is 0 Å². The number of benzene rings is 2. The number of hydrogen-bond donors (Lipinski definition) is 3. The molecular formula is C24H31N3O5. The second-order valence-corrected chi connectivity index (χ2v) is 8.31. The van der Waals surface area contributed by atoms with Gasteiger partial charge in [-0.25, -0.2) is 0 Å². The Morgan fingerprint density at radius 2 is 1.75 bits per heavy atom. The van der Waals surface area contributed by atoms with Gasteiger partial charge >= 0.3 is 0 Å². The summed E-state index contributed by atoms with van der Waals surface area (Å²) in [5.74, 6) is -1.29. The van der Waals surface area contributed by atoms with Crippen LogP contribution in [0, 0.1) is 0 Å². The molecule has 1 saturated heterocycles. The summed E-state index contributed by atoms with van der Waals surface area (Å²) in [5, 5.41) is 23.1. The maximum Gasteiger partial charge on any atom is 0.259 e. The monoisotopic (exact) mass is 441 g/mol. The van der Waals surface area contributed by atoms with Crippen molar-refractivity contribution in [3.05, 3.63) is 53.1 Å². The molecule has 0 radical (unpaired) electrons. The molecule has 2 amide bonds. The van der Waals surface area contributed by atoms with Crippen LogP contribution in [0.5, 0.6) is 11.5 Å². The number of ether oxygens (including phenoxy) is 1. The number of anilines is 1. The third-order valence-corrected chi connectivity index (χ3v) is 5.67. The third kappa shape index (κ3) is 5.99. The number of morpholine rings is 1. The fraction of sp³-hybridized carbons (Fsp3) is 0.417. The molecule has 8 nitrogen and oxygen atoms in total. The standard InChI is InChI=1S/C24H31N3O5/c1-16(2)26(3)23(30)13-18-12-20(22(29)14-21(18)28)24(31)25-19-6-4-17(5-7-19)15-27-8-10-32-11-9-27/h4-7,12,14,16,28-29H,8-11,13,15H2,1-3H3,(H,25,31). The Labute approximate surface area is 188 Å². The van der Waals surface area contributed by atoms with Crippen molar-refractivity contribution >= 4 is 17.5 Å². The lowest BCUT2D eigenvalue weighted by Gasteiger charge is -2.26. The van der Waals surface area contributed by atoms with Crippen molar-refractivity contribution in [1.29, 1.82) is 0 Å². The van der Waals surface area contributed by atoms with Crippen molar-refractivity contribution in [2.75, 3.05) is 38.7 Å². The van der Waals surface area contributed by atoms with Gasteiger partial charge in [-0.2, -0.15) is 0 Å². The summed E-state index contributed by atoms with van der Waals surface area (Å²) in [7, 11) is 1.68. The number of aromatic hydroxyl groups is 2. The van der Waals surface area contributed by atoms with Crippen LogP contribution >= 0.6 is 0 Å². The van der Waals surface area contributed by atoms with E-state index in [1.54, 1.807) is 11.9 Å². The number of nitrogens with zero attached hydrogens (tertiary/aromatic N) is 2. The Morgan fingerprint density at radius 1 is 1.09 bits per heavy atom. The third-order valence-electron chi connectivity index (χ3n) is 5.67. The maximum atomic E-state index is 12.8. The molecule has 2 aromatic carbocycles. The average Bonchev–Trinajstić information content (AvgIpc) is 2.76. The first kappa shape index (κ1) is 23.6. The number of likely N-dealkylation sites (N-methyl/N-ethyl adjacent to an activating group) is 1. The number of amides is 2. The fourth-order valence-corrected chi connectivity index (χ4v) is 3.43. The minimum absolute atomic E-state index is 0.00445. The lowest BCUT2D eigenvalue weighted by atomic mass is 10.0. The highest BCUT2D eigenvalue weighted by atomic mass is 16.5. The van der Waals surface area contributed by atoms with Crippen LogP contribution in [-0.4, -0.2) is 71.2 Å². The number of phenols is 2. The van der Waals surface area contributed by atoms with Gasteiger partial charge in [-0.05, 0) is 37.6 Å². The van der Waals surface area contributed by atoms with Gasteiger partial charge in [0.1, 0.15) is 11.5 Å². The smallest absolute Gasteiger partial charge is 0.259 e. The minimum atomic E-state index is -0.519. The molecule has 1 aliphatic heterocycles. The zero-order valence-electron chi connectivity index (χ0n) is 18.8. The SMILES string of the molecule is CC(C)N(C)C(=O)Cc1cc(C(=O)Nc2ccc(CN3CCOCC3)cc2)c(O)cc1O. The van der Waals surface area contributed by atoms with E-state index in [1.165, 1.54) is 6.07 Å². The molecule has 0 saturated carbocycles. The molecule has 1 aliphatic rings. The summed E-state index contributed by atoms with van der Waals surface area (Å²) in [4.78, 5) is 29.0. The normalized spacial score (nSPS) is 14.4. The molecule has 8 heteroatoms. The highest BCUT2D eigenvalue weighted by Crippen LogP contribution is 2.29. The highest BCUT2D eigenvalue weighted by Gasteiger charge is 2.20. The van der Waals surface area contributed by atoms with E-state index in [-0.39, 0.29) is 41.0 Å². The number of phenolic OH excluding ortho intramolecular Hbond substituents is 2. The fourth-order valence-electron chi connectivity index (χ4n) is 3.43. The van der Waals surface area contributed by atoms with Crippen molar-refractivity contribution < 1.29 is 24.5 Å². The van der Waals surface area contributed by atoms with Crippen LogP contribution in [0.1, 0.15) is 35.3 Å². The van der Waals surface area contributed by atoms with Crippen molar-refractivity contribution in [3.63, 3.8) is 0 Å². The first-order valence-corrected chi connectivity index (χ1v) is 10.8. The molecule has 0 spiro atoms. The molecule has 0 atom stereocenters. The van der Waals surface area contributed by atoms with E-state index in [0.29, 0.717) is 5.69 Å². The second-order valence-electron chi connectivity index (χ2n) is 8.31. The van der Waals surface area contributed by atoms with Crippen LogP contribution in [-0.2, 0) is 22.5 Å². The van der Waals surface area contributed by atoms with Gasteiger partial charge in [-0.1, -0.05) is 12.1 Å². The largest absolute Gasteiger partial charge is 0.508 e. The Morgan fingerprint density at radius 3 is 2.38 bits per heavy atom. The Kier molecular flexibility index (Phi) is 7.71. The second kappa shape index (κ2) is 10.5. The van der Waals surface area contributed by atoms with E-state index in [2.05, 4.69) is 10.2 Å². The van der Waals surface area contributed by atoms with Crippen molar-refractivity contribution in [1.82, 2.24) is 9.80 Å². The van der Waals surface area contributed by atoms with Gasteiger partial charge in [0.25, 0.3) is 5.91 Å². The van der Waals surface area contributed by atoms with Crippen LogP contribution in [0.25, 0.3) is 0 Å². The van der Waals surface area contributed by atoms with E-state index in [9.17, 15) is 19.8 Å². The van der Waals surface area contributed by atoms with Gasteiger partial charge < -0.3 is 25.2 Å². The molecule has 0 unspecified atom stereocenters. The molecule has 0 aliphatic carbocycles. The topological polar surface area (TPSA) is 102 Å². The van der Waals surface area contributed by atoms with Crippen LogP contribution in [0.2, 0.25) is 0 Å². The average molecular weight is 442 g/mol. The van der Waals surface area contributed by atoms with Crippen molar-refractivity contribution in [2.24, 2.45) is 0 Å². The van der Waals surface area contributed by atoms with E-state index in [1.807, 2.05) is 38.1 Å². The minimum Gasteiger partial charge on any atom is -0.508 e. The summed E-state index contributed by atoms with van der Waals surface area (Å²) in [6.07, 6.45) is -0.0721. The molecule has 2 aromatic rings. The van der Waals surface area contributed by atoms with Crippen LogP contribution in [0.15, 0.2) is 36.4 Å². The molecule has 3 rings (SSSR count). The van der Waals surface area contributed by atoms with E-state index in [4.69, 9.17) is 4.74 Å². The predicted molar refractivity (Wildman–Crippen MR) is 122 cm³/mol. The number of carbonyl (C=O) groups excluding carboxylic acids is 2. The lowest BCUT2D eigenvalue weighted by Crippen LogP contribution is -2.35.